The van der Waals surface area contributed by atoms with Crippen LogP contribution in [0.25, 0.3) is 0 Å². The van der Waals surface area contributed by atoms with Gasteiger partial charge >= 0.3 is 0 Å². The van der Waals surface area contributed by atoms with Gasteiger partial charge in [0.15, 0.2) is 6.61 Å². The van der Waals surface area contributed by atoms with E-state index in [0.29, 0.717) is 12.3 Å². The van der Waals surface area contributed by atoms with Crippen molar-refractivity contribution in [3.05, 3.63) is 53.6 Å². The van der Waals surface area contributed by atoms with Crippen molar-refractivity contribution in [1.82, 2.24) is 0 Å². The van der Waals surface area contributed by atoms with Crippen LogP contribution in [0.5, 0.6) is 11.5 Å². The lowest BCUT2D eigenvalue weighted by Gasteiger charge is -2.11. The van der Waals surface area contributed by atoms with Crippen molar-refractivity contribution < 1.29 is 14.3 Å². The Hall–Kier alpha value is -2.49. The second-order valence-electron chi connectivity index (χ2n) is 5.07. The van der Waals surface area contributed by atoms with Crippen LogP contribution in [0, 0.1) is 13.8 Å². The molecule has 0 fully saturated rings. The van der Waals surface area contributed by atoms with E-state index in [2.05, 4.69) is 5.32 Å². The third-order valence-corrected chi connectivity index (χ3v) is 3.13. The Balaban J connectivity index is 1.93. The number of aryl methyl sites for hydroxylation is 2. The summed E-state index contributed by atoms with van der Waals surface area (Å²) in [5.41, 5.74) is 2.81. The van der Waals surface area contributed by atoms with Crippen molar-refractivity contribution in [2.75, 3.05) is 18.5 Å². The third kappa shape index (κ3) is 4.52. The molecule has 0 unspecified atom stereocenters. The molecule has 1 N–H and O–H groups in total. The fraction of sp³-hybridized carbons (Fsp3) is 0.278. The number of hydrogen-bond acceptors (Lipinski definition) is 3. The van der Waals surface area contributed by atoms with E-state index in [9.17, 15) is 4.79 Å². The minimum absolute atomic E-state index is 0.0246. The van der Waals surface area contributed by atoms with Gasteiger partial charge in [0.1, 0.15) is 11.5 Å². The highest BCUT2D eigenvalue weighted by molar-refractivity contribution is 5.92. The molecule has 0 aliphatic carbocycles. The number of ether oxygens (including phenoxy) is 2. The quantitative estimate of drug-likeness (QED) is 0.884. The molecule has 2 rings (SSSR count). The standard InChI is InChI=1S/C18H21NO3/c1-4-21-16-7-5-6-15(11-16)19-18(20)12-22-17-10-13(2)8-9-14(17)3/h5-11H,4,12H2,1-3H3,(H,19,20). The second-order valence-corrected chi connectivity index (χ2v) is 5.07. The Morgan fingerprint density at radius 3 is 2.68 bits per heavy atom. The van der Waals surface area contributed by atoms with Crippen molar-refractivity contribution >= 4 is 11.6 Å². The normalized spacial score (nSPS) is 10.1. The molecule has 4 heteroatoms. The summed E-state index contributed by atoms with van der Waals surface area (Å²) in [7, 11) is 0. The molecule has 0 heterocycles. The van der Waals surface area contributed by atoms with Crippen molar-refractivity contribution in [2.24, 2.45) is 0 Å². The van der Waals surface area contributed by atoms with E-state index < -0.39 is 0 Å². The Labute approximate surface area is 131 Å². The lowest BCUT2D eigenvalue weighted by Crippen LogP contribution is -2.20. The maximum Gasteiger partial charge on any atom is 0.262 e. The highest BCUT2D eigenvalue weighted by Crippen LogP contribution is 2.20. The van der Waals surface area contributed by atoms with Gasteiger partial charge in [0.05, 0.1) is 6.61 Å². The van der Waals surface area contributed by atoms with Crippen molar-refractivity contribution in [2.45, 2.75) is 20.8 Å². The zero-order chi connectivity index (χ0) is 15.9. The average molecular weight is 299 g/mol. The Morgan fingerprint density at radius 2 is 1.91 bits per heavy atom. The van der Waals surface area contributed by atoms with E-state index >= 15 is 0 Å². The first-order chi connectivity index (χ1) is 10.6. The van der Waals surface area contributed by atoms with Gasteiger partial charge in [0, 0.05) is 11.8 Å². The number of benzene rings is 2. The molecular weight excluding hydrogens is 278 g/mol. The van der Waals surface area contributed by atoms with Crippen LogP contribution in [0.4, 0.5) is 5.69 Å². The highest BCUT2D eigenvalue weighted by atomic mass is 16.5. The van der Waals surface area contributed by atoms with Crippen LogP contribution < -0.4 is 14.8 Å². The molecule has 0 aromatic heterocycles. The second kappa shape index (κ2) is 7.50. The Bertz CT molecular complexity index is 653. The van der Waals surface area contributed by atoms with Gasteiger partial charge in [-0.1, -0.05) is 18.2 Å². The molecule has 2 aromatic rings. The monoisotopic (exact) mass is 299 g/mol. The summed E-state index contributed by atoms with van der Waals surface area (Å²) < 4.78 is 11.0. The van der Waals surface area contributed by atoms with Gasteiger partial charge in [0.2, 0.25) is 0 Å². The molecule has 2 aromatic carbocycles. The molecule has 0 atom stereocenters. The molecule has 0 aliphatic rings. The molecule has 0 spiro atoms. The predicted molar refractivity (Wildman–Crippen MR) is 87.7 cm³/mol. The van der Waals surface area contributed by atoms with E-state index in [0.717, 1.165) is 22.6 Å². The third-order valence-electron chi connectivity index (χ3n) is 3.13. The number of carbonyl (C=O) groups is 1. The van der Waals surface area contributed by atoms with E-state index in [4.69, 9.17) is 9.47 Å². The zero-order valence-corrected chi connectivity index (χ0v) is 13.2. The average Bonchev–Trinajstić information content (AvgIpc) is 2.49. The highest BCUT2D eigenvalue weighted by Gasteiger charge is 2.06. The first-order valence-electron chi connectivity index (χ1n) is 7.31. The molecule has 0 bridgehead atoms. The number of rotatable bonds is 6. The Morgan fingerprint density at radius 1 is 1.09 bits per heavy atom. The van der Waals surface area contributed by atoms with Gasteiger partial charge in [0.25, 0.3) is 5.91 Å². The van der Waals surface area contributed by atoms with E-state index in [1.54, 1.807) is 6.07 Å². The van der Waals surface area contributed by atoms with Gasteiger partial charge in [-0.3, -0.25) is 4.79 Å². The van der Waals surface area contributed by atoms with Gasteiger partial charge in [-0.05, 0) is 50.1 Å². The number of amides is 1. The maximum absolute atomic E-state index is 12.0. The summed E-state index contributed by atoms with van der Waals surface area (Å²) in [6.45, 7) is 6.43. The van der Waals surface area contributed by atoms with Crippen LogP contribution in [-0.4, -0.2) is 19.1 Å². The molecule has 0 radical (unpaired) electrons. The number of hydrogen-bond donors (Lipinski definition) is 1. The summed E-state index contributed by atoms with van der Waals surface area (Å²) in [6.07, 6.45) is 0. The van der Waals surface area contributed by atoms with Crippen LogP contribution in [0.2, 0.25) is 0 Å². The molecule has 0 saturated carbocycles. The number of nitrogens with one attached hydrogen (secondary N) is 1. The van der Waals surface area contributed by atoms with Gasteiger partial charge in [-0.2, -0.15) is 0 Å². The SMILES string of the molecule is CCOc1cccc(NC(=O)COc2cc(C)ccc2C)c1. The van der Waals surface area contributed by atoms with E-state index in [1.165, 1.54) is 0 Å². The molecule has 4 nitrogen and oxygen atoms in total. The van der Waals surface area contributed by atoms with Gasteiger partial charge < -0.3 is 14.8 Å². The molecule has 116 valence electrons. The Kier molecular flexibility index (Phi) is 5.42. The number of carbonyl (C=O) groups excluding carboxylic acids is 1. The van der Waals surface area contributed by atoms with Gasteiger partial charge in [-0.15, -0.1) is 0 Å². The summed E-state index contributed by atoms with van der Waals surface area (Å²) in [5, 5.41) is 2.80. The fourth-order valence-electron chi connectivity index (χ4n) is 2.03. The van der Waals surface area contributed by atoms with Crippen LogP contribution in [0.3, 0.4) is 0 Å². The molecule has 0 aliphatic heterocycles. The van der Waals surface area contributed by atoms with Crippen molar-refractivity contribution in [1.29, 1.82) is 0 Å². The van der Waals surface area contributed by atoms with Gasteiger partial charge in [-0.25, -0.2) is 0 Å². The first-order valence-corrected chi connectivity index (χ1v) is 7.31. The minimum atomic E-state index is -0.199. The first kappa shape index (κ1) is 15.9. The lowest BCUT2D eigenvalue weighted by molar-refractivity contribution is -0.118. The number of anilines is 1. The van der Waals surface area contributed by atoms with Crippen molar-refractivity contribution in [3.8, 4) is 11.5 Å². The van der Waals surface area contributed by atoms with Crippen molar-refractivity contribution in [3.63, 3.8) is 0 Å². The van der Waals surface area contributed by atoms with Crippen LogP contribution >= 0.6 is 0 Å². The van der Waals surface area contributed by atoms with E-state index in [1.807, 2.05) is 57.2 Å². The summed E-state index contributed by atoms with van der Waals surface area (Å²) in [4.78, 5) is 12.0. The van der Waals surface area contributed by atoms with Crippen LogP contribution in [0.1, 0.15) is 18.1 Å². The smallest absolute Gasteiger partial charge is 0.262 e. The lowest BCUT2D eigenvalue weighted by atomic mass is 10.1. The molecular formula is C18H21NO3. The molecule has 1 amide bonds. The largest absolute Gasteiger partial charge is 0.494 e. The topological polar surface area (TPSA) is 47.6 Å². The molecule has 22 heavy (non-hydrogen) atoms. The van der Waals surface area contributed by atoms with Crippen LogP contribution in [0.15, 0.2) is 42.5 Å². The van der Waals surface area contributed by atoms with E-state index in [-0.39, 0.29) is 12.5 Å². The zero-order valence-electron chi connectivity index (χ0n) is 13.2. The fourth-order valence-corrected chi connectivity index (χ4v) is 2.03. The summed E-state index contributed by atoms with van der Waals surface area (Å²) in [5.74, 6) is 1.27. The van der Waals surface area contributed by atoms with Crippen LogP contribution in [-0.2, 0) is 4.79 Å². The maximum atomic E-state index is 12.0. The summed E-state index contributed by atoms with van der Waals surface area (Å²) >= 11 is 0. The minimum Gasteiger partial charge on any atom is -0.494 e. The summed E-state index contributed by atoms with van der Waals surface area (Å²) in [6, 6.07) is 13.2. The predicted octanol–water partition coefficient (Wildman–Crippen LogP) is 3.72. The molecule has 0 saturated heterocycles.